The van der Waals surface area contributed by atoms with Gasteiger partial charge in [0.1, 0.15) is 6.54 Å². The van der Waals surface area contributed by atoms with E-state index in [-0.39, 0.29) is 35.5 Å². The van der Waals surface area contributed by atoms with Gasteiger partial charge in [-0.1, -0.05) is 11.6 Å². The number of thioether (sulfide) groups is 1. The molecule has 1 amide bonds. The number of likely N-dealkylation sites (N-methyl/N-ethyl adjacent to an activating group) is 1. The Morgan fingerprint density at radius 3 is 2.68 bits per heavy atom. The third-order valence-electron chi connectivity index (χ3n) is 2.57. The highest BCUT2D eigenvalue weighted by Gasteiger charge is 2.15. The summed E-state index contributed by atoms with van der Waals surface area (Å²) in [6.07, 6.45) is 0. The van der Waals surface area contributed by atoms with E-state index in [1.54, 1.807) is 6.92 Å². The second-order valence-electron chi connectivity index (χ2n) is 4.22. The molecule has 0 aliphatic rings. The zero-order valence-electron chi connectivity index (χ0n) is 12.1. The van der Waals surface area contributed by atoms with Gasteiger partial charge in [-0.05, 0) is 13.0 Å². The predicted molar refractivity (Wildman–Crippen MR) is 83.1 cm³/mol. The van der Waals surface area contributed by atoms with Crippen LogP contribution in [-0.4, -0.2) is 47.7 Å². The Kier molecular flexibility index (Phi) is 7.13. The SMILES string of the molecule is CCOC(=O)CN(C)C(=O)CSc1ccc([N+](=O)[O-])cc1Cl. The van der Waals surface area contributed by atoms with Crippen LogP contribution in [0.2, 0.25) is 5.02 Å². The van der Waals surface area contributed by atoms with E-state index in [9.17, 15) is 19.7 Å². The van der Waals surface area contributed by atoms with Gasteiger partial charge in [0.2, 0.25) is 5.91 Å². The van der Waals surface area contributed by atoms with Crippen LogP contribution in [0.15, 0.2) is 23.1 Å². The number of non-ortho nitro benzene ring substituents is 1. The van der Waals surface area contributed by atoms with Crippen molar-refractivity contribution in [1.82, 2.24) is 4.90 Å². The van der Waals surface area contributed by atoms with Crippen molar-refractivity contribution < 1.29 is 19.2 Å². The van der Waals surface area contributed by atoms with Crippen molar-refractivity contribution in [3.8, 4) is 0 Å². The maximum atomic E-state index is 11.9. The summed E-state index contributed by atoms with van der Waals surface area (Å²) >= 11 is 7.08. The number of hydrogen-bond acceptors (Lipinski definition) is 6. The van der Waals surface area contributed by atoms with Crippen LogP contribution < -0.4 is 0 Å². The van der Waals surface area contributed by atoms with E-state index >= 15 is 0 Å². The Hall–Kier alpha value is -1.80. The first-order valence-electron chi connectivity index (χ1n) is 6.31. The van der Waals surface area contributed by atoms with Gasteiger partial charge in [0.05, 0.1) is 22.3 Å². The lowest BCUT2D eigenvalue weighted by Gasteiger charge is -2.15. The van der Waals surface area contributed by atoms with E-state index < -0.39 is 10.9 Å². The predicted octanol–water partition coefficient (Wildman–Crippen LogP) is 2.36. The van der Waals surface area contributed by atoms with Gasteiger partial charge < -0.3 is 9.64 Å². The molecule has 0 unspecified atom stereocenters. The Morgan fingerprint density at radius 1 is 1.45 bits per heavy atom. The molecule has 0 spiro atoms. The molecular formula is C13H15ClN2O5S. The number of benzene rings is 1. The Bertz CT molecular complexity index is 582. The number of halogens is 1. The molecule has 0 N–H and O–H groups in total. The molecule has 120 valence electrons. The lowest BCUT2D eigenvalue weighted by atomic mass is 10.3. The van der Waals surface area contributed by atoms with Crippen LogP contribution in [0.4, 0.5) is 5.69 Å². The molecular weight excluding hydrogens is 332 g/mol. The largest absolute Gasteiger partial charge is 0.465 e. The van der Waals surface area contributed by atoms with Crippen molar-refractivity contribution in [2.75, 3.05) is 26.0 Å². The van der Waals surface area contributed by atoms with E-state index in [1.807, 2.05) is 0 Å². The van der Waals surface area contributed by atoms with E-state index in [2.05, 4.69) is 0 Å². The van der Waals surface area contributed by atoms with E-state index in [1.165, 1.54) is 30.1 Å². The lowest BCUT2D eigenvalue weighted by molar-refractivity contribution is -0.384. The summed E-state index contributed by atoms with van der Waals surface area (Å²) < 4.78 is 4.76. The van der Waals surface area contributed by atoms with Gasteiger partial charge in [-0.15, -0.1) is 11.8 Å². The number of nitrogens with zero attached hydrogens (tertiary/aromatic N) is 2. The maximum absolute atomic E-state index is 11.9. The van der Waals surface area contributed by atoms with Gasteiger partial charge in [0.15, 0.2) is 0 Å². The van der Waals surface area contributed by atoms with Gasteiger partial charge in [0, 0.05) is 24.1 Å². The van der Waals surface area contributed by atoms with E-state index in [0.29, 0.717) is 4.90 Å². The molecule has 0 saturated carbocycles. The number of carbonyl (C=O) groups excluding carboxylic acids is 2. The molecule has 7 nitrogen and oxygen atoms in total. The van der Waals surface area contributed by atoms with E-state index in [4.69, 9.17) is 16.3 Å². The average molecular weight is 347 g/mol. The summed E-state index contributed by atoms with van der Waals surface area (Å²) in [6.45, 7) is 1.82. The minimum Gasteiger partial charge on any atom is -0.465 e. The van der Waals surface area contributed by atoms with E-state index in [0.717, 1.165) is 11.8 Å². The molecule has 0 radical (unpaired) electrons. The Balaban J connectivity index is 2.57. The van der Waals surface area contributed by atoms with Crippen LogP contribution >= 0.6 is 23.4 Å². The molecule has 0 atom stereocenters. The number of rotatable bonds is 7. The van der Waals surface area contributed by atoms with Crippen LogP contribution in [0.1, 0.15) is 6.92 Å². The molecule has 9 heteroatoms. The first kappa shape index (κ1) is 18.2. The first-order valence-corrected chi connectivity index (χ1v) is 7.67. The molecule has 0 fully saturated rings. The Labute approximate surface area is 136 Å². The fourth-order valence-corrected chi connectivity index (χ4v) is 2.66. The van der Waals surface area contributed by atoms with Gasteiger partial charge in [0.25, 0.3) is 5.69 Å². The van der Waals surface area contributed by atoms with Gasteiger partial charge in [-0.25, -0.2) is 0 Å². The number of nitro benzene ring substituents is 1. The van der Waals surface area contributed by atoms with Crippen LogP contribution in [-0.2, 0) is 14.3 Å². The molecule has 0 aromatic heterocycles. The molecule has 1 aromatic carbocycles. The molecule has 1 rings (SSSR count). The molecule has 0 saturated heterocycles. The second kappa shape index (κ2) is 8.60. The molecule has 0 heterocycles. The summed E-state index contributed by atoms with van der Waals surface area (Å²) in [6, 6.07) is 4.04. The number of ether oxygens (including phenoxy) is 1. The number of amides is 1. The summed E-state index contributed by atoms with van der Waals surface area (Å²) in [4.78, 5) is 35.1. The van der Waals surface area contributed by atoms with Crippen molar-refractivity contribution in [1.29, 1.82) is 0 Å². The second-order valence-corrected chi connectivity index (χ2v) is 5.64. The standard InChI is InChI=1S/C13H15ClN2O5S/c1-3-21-13(18)7-15(2)12(17)8-22-11-5-4-9(16(19)20)6-10(11)14/h4-6H,3,7-8H2,1-2H3. The molecule has 22 heavy (non-hydrogen) atoms. The monoisotopic (exact) mass is 346 g/mol. The van der Waals surface area contributed by atoms with Gasteiger partial charge in [-0.3, -0.25) is 19.7 Å². The van der Waals surface area contributed by atoms with Crippen molar-refractivity contribution in [2.24, 2.45) is 0 Å². The highest BCUT2D eigenvalue weighted by Crippen LogP contribution is 2.30. The minimum absolute atomic E-state index is 0.0629. The maximum Gasteiger partial charge on any atom is 0.325 e. The van der Waals surface area contributed by atoms with Crippen molar-refractivity contribution in [3.05, 3.63) is 33.3 Å². The third kappa shape index (κ3) is 5.53. The molecule has 0 aliphatic heterocycles. The fourth-order valence-electron chi connectivity index (χ4n) is 1.46. The first-order chi connectivity index (χ1) is 10.3. The van der Waals surface area contributed by atoms with Crippen LogP contribution in [0.5, 0.6) is 0 Å². The average Bonchev–Trinajstić information content (AvgIpc) is 2.45. The van der Waals surface area contributed by atoms with Crippen molar-refractivity contribution in [2.45, 2.75) is 11.8 Å². The highest BCUT2D eigenvalue weighted by molar-refractivity contribution is 8.00. The smallest absolute Gasteiger partial charge is 0.325 e. The number of esters is 1. The number of carbonyl (C=O) groups is 2. The van der Waals surface area contributed by atoms with Crippen LogP contribution in [0.3, 0.4) is 0 Å². The minimum atomic E-state index is -0.543. The summed E-state index contributed by atoms with van der Waals surface area (Å²) in [5.74, 6) is -0.683. The fraction of sp³-hybridized carbons (Fsp3) is 0.385. The van der Waals surface area contributed by atoms with Gasteiger partial charge >= 0.3 is 5.97 Å². The highest BCUT2D eigenvalue weighted by atomic mass is 35.5. The van der Waals surface area contributed by atoms with Gasteiger partial charge in [-0.2, -0.15) is 0 Å². The quantitative estimate of drug-likeness (QED) is 0.326. The normalized spacial score (nSPS) is 10.1. The number of nitro groups is 1. The zero-order valence-corrected chi connectivity index (χ0v) is 13.6. The van der Waals surface area contributed by atoms with Crippen LogP contribution in [0.25, 0.3) is 0 Å². The molecule has 0 aliphatic carbocycles. The summed E-state index contributed by atoms with van der Waals surface area (Å²) in [5, 5.41) is 10.8. The summed E-state index contributed by atoms with van der Waals surface area (Å²) in [5.41, 5.74) is -0.111. The topological polar surface area (TPSA) is 89.8 Å². The van der Waals surface area contributed by atoms with Crippen molar-refractivity contribution in [3.63, 3.8) is 0 Å². The van der Waals surface area contributed by atoms with Crippen molar-refractivity contribution >= 4 is 40.9 Å². The lowest BCUT2D eigenvalue weighted by Crippen LogP contribution is -2.34. The zero-order chi connectivity index (χ0) is 16.7. The Morgan fingerprint density at radius 2 is 2.14 bits per heavy atom. The molecule has 1 aromatic rings. The third-order valence-corrected chi connectivity index (χ3v) is 4.06. The molecule has 0 bridgehead atoms. The summed E-state index contributed by atoms with van der Waals surface area (Å²) in [7, 11) is 1.50. The number of hydrogen-bond donors (Lipinski definition) is 0. The van der Waals surface area contributed by atoms with Crippen LogP contribution in [0, 0.1) is 10.1 Å².